The Bertz CT molecular complexity index is 1140. The third-order valence-electron chi connectivity index (χ3n) is 4.50. The molecule has 1 aliphatic heterocycles. The maximum atomic E-state index is 6.22. The average molecular weight is 383 g/mol. The first-order chi connectivity index (χ1) is 12.7. The normalized spacial score (nSPS) is 11.9. The Kier molecular flexibility index (Phi) is 5.63. The van der Waals surface area contributed by atoms with Crippen LogP contribution in [0.1, 0.15) is 12.5 Å². The zero-order valence-corrected chi connectivity index (χ0v) is 16.3. The third kappa shape index (κ3) is 3.48. The van der Waals surface area contributed by atoms with E-state index < -0.39 is 0 Å². The largest absolute Gasteiger partial charge is 0.453 e. The molecule has 2 aromatic rings. The van der Waals surface area contributed by atoms with Crippen LogP contribution in [0.25, 0.3) is 33.3 Å². The second-order valence-electron chi connectivity index (χ2n) is 6.34. The monoisotopic (exact) mass is 382 g/mol. The molecular formula is C21H23ClN4O. The smallest absolute Gasteiger partial charge is 0.155 e. The number of hydrogen-bond acceptors (Lipinski definition) is 5. The Labute approximate surface area is 164 Å². The van der Waals surface area contributed by atoms with Gasteiger partial charge in [0.25, 0.3) is 0 Å². The molecule has 140 valence electrons. The molecule has 0 aromatic heterocycles. The summed E-state index contributed by atoms with van der Waals surface area (Å²) in [6.07, 6.45) is 0. The lowest BCUT2D eigenvalue weighted by Crippen LogP contribution is -2.11. The molecule has 0 bridgehead atoms. The lowest BCUT2D eigenvalue weighted by Gasteiger charge is -2.13. The van der Waals surface area contributed by atoms with E-state index in [1.165, 1.54) is 0 Å². The molecule has 0 unspecified atom stereocenters. The summed E-state index contributed by atoms with van der Waals surface area (Å²) >= 11 is 0. The van der Waals surface area contributed by atoms with Crippen molar-refractivity contribution in [2.75, 3.05) is 25.0 Å². The maximum absolute atomic E-state index is 6.22. The number of nitrogens with zero attached hydrogens (tertiary/aromatic N) is 2. The molecule has 1 aliphatic carbocycles. The van der Waals surface area contributed by atoms with Crippen molar-refractivity contribution in [3.8, 4) is 11.5 Å². The zero-order valence-electron chi connectivity index (χ0n) is 15.5. The molecule has 3 N–H and O–H groups in total. The number of halogens is 1. The van der Waals surface area contributed by atoms with Gasteiger partial charge >= 0.3 is 0 Å². The van der Waals surface area contributed by atoms with E-state index in [1.54, 1.807) is 0 Å². The van der Waals surface area contributed by atoms with E-state index in [9.17, 15) is 0 Å². The number of hydrogen-bond donors (Lipinski definition) is 2. The SMILES string of the molecule is CCNc1cc2oc3cc(=NCCN)c4ccccc4c-3nc2cc1C.Cl. The van der Waals surface area contributed by atoms with E-state index in [4.69, 9.17) is 15.1 Å². The van der Waals surface area contributed by atoms with Crippen LogP contribution in [0.15, 0.2) is 51.9 Å². The highest BCUT2D eigenvalue weighted by Crippen LogP contribution is 2.32. The lowest BCUT2D eigenvalue weighted by molar-refractivity contribution is 0.613. The highest BCUT2D eigenvalue weighted by Gasteiger charge is 2.15. The predicted molar refractivity (Wildman–Crippen MR) is 114 cm³/mol. The van der Waals surface area contributed by atoms with Gasteiger partial charge in [0, 0.05) is 41.7 Å². The second-order valence-corrected chi connectivity index (χ2v) is 6.34. The molecule has 5 nitrogen and oxygen atoms in total. The molecule has 1 heterocycles. The fraction of sp³-hybridized carbons (Fsp3) is 0.238. The molecule has 2 aromatic carbocycles. The van der Waals surface area contributed by atoms with Crippen LogP contribution in [0.4, 0.5) is 5.69 Å². The summed E-state index contributed by atoms with van der Waals surface area (Å²) in [5.74, 6) is 0.735. The summed E-state index contributed by atoms with van der Waals surface area (Å²) in [4.78, 5) is 9.52. The Morgan fingerprint density at radius 3 is 2.67 bits per heavy atom. The van der Waals surface area contributed by atoms with E-state index >= 15 is 0 Å². The van der Waals surface area contributed by atoms with Crippen LogP contribution in [0.5, 0.6) is 0 Å². The fourth-order valence-corrected chi connectivity index (χ4v) is 3.29. The van der Waals surface area contributed by atoms with Crippen LogP contribution >= 0.6 is 12.4 Å². The van der Waals surface area contributed by atoms with Crippen LogP contribution in [0.2, 0.25) is 0 Å². The molecule has 2 aliphatic rings. The van der Waals surface area contributed by atoms with E-state index in [2.05, 4.69) is 42.4 Å². The fourth-order valence-electron chi connectivity index (χ4n) is 3.29. The van der Waals surface area contributed by atoms with Crippen molar-refractivity contribution in [1.29, 1.82) is 0 Å². The van der Waals surface area contributed by atoms with Crippen molar-refractivity contribution in [2.45, 2.75) is 13.8 Å². The number of nitrogens with one attached hydrogen (secondary N) is 1. The van der Waals surface area contributed by atoms with Crippen molar-refractivity contribution in [3.05, 3.63) is 53.4 Å². The van der Waals surface area contributed by atoms with Gasteiger partial charge in [-0.15, -0.1) is 12.4 Å². The van der Waals surface area contributed by atoms with Gasteiger partial charge in [0.1, 0.15) is 11.2 Å². The van der Waals surface area contributed by atoms with Crippen LogP contribution in [-0.4, -0.2) is 24.6 Å². The second kappa shape index (κ2) is 7.94. The van der Waals surface area contributed by atoms with E-state index in [-0.39, 0.29) is 12.4 Å². The number of benzene rings is 3. The molecule has 0 spiro atoms. The van der Waals surface area contributed by atoms with Gasteiger partial charge in [-0.25, -0.2) is 4.98 Å². The molecule has 4 rings (SSSR count). The summed E-state index contributed by atoms with van der Waals surface area (Å²) in [5, 5.41) is 6.36. The number of aryl methyl sites for hydroxylation is 1. The van der Waals surface area contributed by atoms with Crippen molar-refractivity contribution in [2.24, 2.45) is 10.7 Å². The van der Waals surface area contributed by atoms with Crippen molar-refractivity contribution in [1.82, 2.24) is 4.98 Å². The molecule has 0 fully saturated rings. The minimum absolute atomic E-state index is 0. The molecular weight excluding hydrogens is 360 g/mol. The first kappa shape index (κ1) is 19.1. The summed E-state index contributed by atoms with van der Waals surface area (Å²) in [7, 11) is 0. The summed E-state index contributed by atoms with van der Waals surface area (Å²) in [6, 6.07) is 14.2. The average Bonchev–Trinajstić information content (AvgIpc) is 2.66. The molecule has 0 saturated carbocycles. The first-order valence-corrected chi connectivity index (χ1v) is 8.92. The van der Waals surface area contributed by atoms with Gasteiger partial charge in [0.15, 0.2) is 11.3 Å². The van der Waals surface area contributed by atoms with Crippen LogP contribution in [-0.2, 0) is 0 Å². The lowest BCUT2D eigenvalue weighted by atomic mass is 10.0. The van der Waals surface area contributed by atoms with Crippen LogP contribution in [0.3, 0.4) is 0 Å². The van der Waals surface area contributed by atoms with Crippen molar-refractivity contribution < 1.29 is 4.42 Å². The number of nitrogens with two attached hydrogens (primary N) is 1. The van der Waals surface area contributed by atoms with Crippen molar-refractivity contribution in [3.63, 3.8) is 0 Å². The third-order valence-corrected chi connectivity index (χ3v) is 4.50. The Morgan fingerprint density at radius 1 is 1.15 bits per heavy atom. The Balaban J connectivity index is 0.00000210. The zero-order chi connectivity index (χ0) is 18.1. The number of rotatable bonds is 4. The quantitative estimate of drug-likeness (QED) is 0.411. The predicted octanol–water partition coefficient (Wildman–Crippen LogP) is 4.11. The van der Waals surface area contributed by atoms with Gasteiger partial charge in [-0.05, 0) is 25.5 Å². The standard InChI is InChI=1S/C21H22N4O.ClH/c1-3-23-16-11-19-18(10-13(16)2)25-21-15-7-5-4-6-14(15)17(24-9-8-22)12-20(21)26-19;/h4-7,10-12,23H,3,8-9,22H2,1-2H3;1H. The number of aromatic nitrogens is 1. The molecule has 0 radical (unpaired) electrons. The van der Waals surface area contributed by atoms with E-state index in [1.807, 2.05) is 24.3 Å². The van der Waals surface area contributed by atoms with Gasteiger partial charge in [0.2, 0.25) is 0 Å². The minimum atomic E-state index is 0. The number of anilines is 1. The van der Waals surface area contributed by atoms with Gasteiger partial charge in [0.05, 0.1) is 11.9 Å². The van der Waals surface area contributed by atoms with Gasteiger partial charge < -0.3 is 15.5 Å². The number of fused-ring (bicyclic) bond motifs is 4. The Hall–Kier alpha value is -2.63. The highest BCUT2D eigenvalue weighted by atomic mass is 35.5. The first-order valence-electron chi connectivity index (χ1n) is 8.92. The minimum Gasteiger partial charge on any atom is -0.453 e. The van der Waals surface area contributed by atoms with Gasteiger partial charge in [-0.3, -0.25) is 4.99 Å². The van der Waals surface area contributed by atoms with E-state index in [0.717, 1.165) is 56.5 Å². The summed E-state index contributed by atoms with van der Waals surface area (Å²) in [6.45, 7) is 6.12. The molecule has 0 amide bonds. The van der Waals surface area contributed by atoms with Crippen molar-refractivity contribution >= 4 is 40.0 Å². The van der Waals surface area contributed by atoms with Crippen LogP contribution in [0, 0.1) is 6.92 Å². The molecule has 0 saturated heterocycles. The highest BCUT2D eigenvalue weighted by molar-refractivity contribution is 5.96. The topological polar surface area (TPSA) is 76.4 Å². The van der Waals surface area contributed by atoms with Crippen LogP contribution < -0.4 is 16.4 Å². The Morgan fingerprint density at radius 2 is 1.93 bits per heavy atom. The van der Waals surface area contributed by atoms with Gasteiger partial charge in [-0.1, -0.05) is 24.3 Å². The van der Waals surface area contributed by atoms with Gasteiger partial charge in [-0.2, -0.15) is 0 Å². The summed E-state index contributed by atoms with van der Waals surface area (Å²) in [5.41, 5.74) is 10.3. The molecule has 6 heteroatoms. The maximum Gasteiger partial charge on any atom is 0.155 e. The molecule has 0 atom stereocenters. The van der Waals surface area contributed by atoms with E-state index in [0.29, 0.717) is 13.1 Å². The summed E-state index contributed by atoms with van der Waals surface area (Å²) < 4.78 is 6.22. The molecule has 27 heavy (non-hydrogen) atoms.